The summed E-state index contributed by atoms with van der Waals surface area (Å²) in [5.74, 6) is 0. The van der Waals surface area contributed by atoms with Gasteiger partial charge in [0.25, 0.3) is 0 Å². The van der Waals surface area contributed by atoms with Gasteiger partial charge in [-0.15, -0.1) is 0 Å². The molecule has 0 radical (unpaired) electrons. The summed E-state index contributed by atoms with van der Waals surface area (Å²) in [6.45, 7) is 7.01. The first kappa shape index (κ1) is 10.8. The van der Waals surface area contributed by atoms with Gasteiger partial charge >= 0.3 is 0 Å². The molecular formula is C10H15NO. The number of rotatable bonds is 1. The fraction of sp³-hybridized carbons (Fsp3) is 0.300. The van der Waals surface area contributed by atoms with Crippen molar-refractivity contribution in [3.05, 3.63) is 36.7 Å². The van der Waals surface area contributed by atoms with E-state index in [-0.39, 0.29) is 6.10 Å². The zero-order valence-electron chi connectivity index (χ0n) is 7.57. The molecule has 1 heterocycles. The maximum Gasteiger partial charge on any atom is 0.0623 e. The monoisotopic (exact) mass is 165 g/mol. The molecule has 0 spiro atoms. The molecule has 12 heavy (non-hydrogen) atoms. The Hall–Kier alpha value is -1.15. The lowest BCUT2D eigenvalue weighted by Gasteiger charge is -1.84. The number of aliphatic hydroxyl groups is 1. The predicted octanol–water partition coefficient (Wildman–Crippen LogP) is 2.11. The van der Waals surface area contributed by atoms with Gasteiger partial charge in [-0.3, -0.25) is 4.98 Å². The molecule has 2 heteroatoms. The number of nitrogens with zero attached hydrogens (tertiary/aromatic N) is 1. The van der Waals surface area contributed by atoms with E-state index < -0.39 is 0 Å². The number of pyridine rings is 1. The lowest BCUT2D eigenvalue weighted by atomic mass is 10.4. The van der Waals surface area contributed by atoms with Gasteiger partial charge in [-0.05, 0) is 32.1 Å². The molecule has 66 valence electrons. The third kappa shape index (κ3) is 6.96. The van der Waals surface area contributed by atoms with Crippen molar-refractivity contribution in [2.24, 2.45) is 0 Å². The van der Waals surface area contributed by atoms with Crippen LogP contribution in [0.5, 0.6) is 0 Å². The lowest BCUT2D eigenvalue weighted by Crippen LogP contribution is -1.85. The smallest absolute Gasteiger partial charge is 0.0623 e. The highest BCUT2D eigenvalue weighted by Crippen LogP contribution is 1.91. The van der Waals surface area contributed by atoms with E-state index in [0.717, 1.165) is 5.69 Å². The van der Waals surface area contributed by atoms with E-state index in [1.807, 2.05) is 18.2 Å². The molecule has 0 saturated heterocycles. The van der Waals surface area contributed by atoms with Crippen LogP contribution < -0.4 is 0 Å². The molecule has 0 saturated carbocycles. The van der Waals surface area contributed by atoms with Crippen LogP contribution >= 0.6 is 0 Å². The van der Waals surface area contributed by atoms with Crippen LogP contribution in [-0.2, 0) is 0 Å². The molecule has 0 bridgehead atoms. The van der Waals surface area contributed by atoms with Gasteiger partial charge in [-0.25, -0.2) is 0 Å². The second kappa shape index (κ2) is 6.55. The van der Waals surface area contributed by atoms with Gasteiger partial charge in [0.1, 0.15) is 0 Å². The molecule has 0 fully saturated rings. The van der Waals surface area contributed by atoms with Gasteiger partial charge in [0.2, 0.25) is 0 Å². The van der Waals surface area contributed by atoms with E-state index in [0.29, 0.717) is 0 Å². The summed E-state index contributed by atoms with van der Waals surface area (Å²) in [6.07, 6.45) is 3.30. The molecule has 1 rings (SSSR count). The summed E-state index contributed by atoms with van der Waals surface area (Å²) in [7, 11) is 0. The molecule has 0 unspecified atom stereocenters. The average Bonchev–Trinajstić information content (AvgIpc) is 2.05. The first-order valence-electron chi connectivity index (χ1n) is 3.88. The third-order valence-electron chi connectivity index (χ3n) is 0.897. The Morgan fingerprint density at radius 2 is 2.08 bits per heavy atom. The quantitative estimate of drug-likeness (QED) is 0.691. The van der Waals surface area contributed by atoms with Crippen LogP contribution in [0, 0.1) is 0 Å². The molecule has 0 aliphatic carbocycles. The maximum atomic E-state index is 8.06. The summed E-state index contributed by atoms with van der Waals surface area (Å²) in [6, 6.07) is 5.73. The molecule has 0 amide bonds. The van der Waals surface area contributed by atoms with Gasteiger partial charge in [-0.2, -0.15) is 0 Å². The van der Waals surface area contributed by atoms with E-state index in [9.17, 15) is 0 Å². The fourth-order valence-corrected chi connectivity index (χ4v) is 0.497. The van der Waals surface area contributed by atoms with Crippen molar-refractivity contribution in [1.29, 1.82) is 0 Å². The first-order chi connectivity index (χ1) is 5.66. The Morgan fingerprint density at radius 1 is 1.50 bits per heavy atom. The van der Waals surface area contributed by atoms with Gasteiger partial charge in [0, 0.05) is 12.3 Å². The molecule has 2 nitrogen and oxygen atoms in total. The zero-order valence-corrected chi connectivity index (χ0v) is 7.57. The van der Waals surface area contributed by atoms with Crippen molar-refractivity contribution < 1.29 is 5.11 Å². The standard InChI is InChI=1S/C7H7N.C3H8O/c1-2-7-5-3-4-6-8-7;1-3(2)4/h2-6H,1H2;3-4H,1-2H3. The van der Waals surface area contributed by atoms with Crippen LogP contribution in [0.1, 0.15) is 19.5 Å². The van der Waals surface area contributed by atoms with Crippen molar-refractivity contribution in [3.8, 4) is 0 Å². The summed E-state index contributed by atoms with van der Waals surface area (Å²) >= 11 is 0. The Labute approximate surface area is 73.6 Å². The van der Waals surface area contributed by atoms with Crippen molar-refractivity contribution >= 4 is 6.08 Å². The molecule has 1 aromatic heterocycles. The highest BCUT2D eigenvalue weighted by atomic mass is 16.3. The minimum absolute atomic E-state index is 0.167. The van der Waals surface area contributed by atoms with Gasteiger partial charge < -0.3 is 5.11 Å². The van der Waals surface area contributed by atoms with Crippen molar-refractivity contribution in [1.82, 2.24) is 4.98 Å². The third-order valence-corrected chi connectivity index (χ3v) is 0.897. The number of aliphatic hydroxyl groups excluding tert-OH is 1. The molecule has 0 aromatic carbocycles. The Morgan fingerprint density at radius 3 is 2.33 bits per heavy atom. The average molecular weight is 165 g/mol. The van der Waals surface area contributed by atoms with Gasteiger partial charge in [0.15, 0.2) is 0 Å². The highest BCUT2D eigenvalue weighted by Gasteiger charge is 1.77. The van der Waals surface area contributed by atoms with Gasteiger partial charge in [-0.1, -0.05) is 12.6 Å². The van der Waals surface area contributed by atoms with Crippen LogP contribution in [0.4, 0.5) is 0 Å². The minimum atomic E-state index is -0.167. The molecular weight excluding hydrogens is 150 g/mol. The molecule has 0 atom stereocenters. The van der Waals surface area contributed by atoms with E-state index in [1.54, 1.807) is 26.1 Å². The number of hydrogen-bond acceptors (Lipinski definition) is 2. The molecule has 0 aliphatic rings. The topological polar surface area (TPSA) is 33.1 Å². The number of aromatic nitrogens is 1. The Kier molecular flexibility index (Phi) is 5.93. The fourth-order valence-electron chi connectivity index (χ4n) is 0.497. The Bertz CT molecular complexity index is 204. The minimum Gasteiger partial charge on any atom is -0.394 e. The predicted molar refractivity (Wildman–Crippen MR) is 51.7 cm³/mol. The zero-order chi connectivity index (χ0) is 9.40. The Balaban J connectivity index is 0.000000261. The van der Waals surface area contributed by atoms with Crippen molar-refractivity contribution in [2.75, 3.05) is 0 Å². The van der Waals surface area contributed by atoms with Crippen LogP contribution in [-0.4, -0.2) is 16.2 Å². The second-order valence-corrected chi connectivity index (χ2v) is 2.55. The summed E-state index contributed by atoms with van der Waals surface area (Å²) in [4.78, 5) is 3.98. The lowest BCUT2D eigenvalue weighted by molar-refractivity contribution is 0.216. The highest BCUT2D eigenvalue weighted by molar-refractivity contribution is 5.40. The van der Waals surface area contributed by atoms with E-state index >= 15 is 0 Å². The molecule has 1 aromatic rings. The van der Waals surface area contributed by atoms with E-state index in [4.69, 9.17) is 5.11 Å². The van der Waals surface area contributed by atoms with Crippen molar-refractivity contribution in [2.45, 2.75) is 20.0 Å². The van der Waals surface area contributed by atoms with Crippen LogP contribution in [0.15, 0.2) is 31.0 Å². The van der Waals surface area contributed by atoms with E-state index in [1.165, 1.54) is 0 Å². The molecule has 0 aliphatic heterocycles. The normalized spacial score (nSPS) is 8.67. The largest absolute Gasteiger partial charge is 0.394 e. The van der Waals surface area contributed by atoms with Gasteiger partial charge in [0.05, 0.1) is 5.69 Å². The van der Waals surface area contributed by atoms with Crippen LogP contribution in [0.3, 0.4) is 0 Å². The first-order valence-corrected chi connectivity index (χ1v) is 3.88. The summed E-state index contributed by atoms with van der Waals surface area (Å²) in [5.41, 5.74) is 0.924. The SMILES string of the molecule is C=Cc1ccccn1.CC(C)O. The summed E-state index contributed by atoms with van der Waals surface area (Å²) < 4.78 is 0. The summed E-state index contributed by atoms with van der Waals surface area (Å²) in [5, 5.41) is 8.06. The second-order valence-electron chi connectivity index (χ2n) is 2.55. The van der Waals surface area contributed by atoms with Crippen LogP contribution in [0.25, 0.3) is 6.08 Å². The maximum absolute atomic E-state index is 8.06. The molecule has 1 N–H and O–H groups in total. The number of hydrogen-bond donors (Lipinski definition) is 1. The van der Waals surface area contributed by atoms with Crippen molar-refractivity contribution in [3.63, 3.8) is 0 Å². The van der Waals surface area contributed by atoms with E-state index in [2.05, 4.69) is 11.6 Å². The van der Waals surface area contributed by atoms with Crippen LogP contribution in [0.2, 0.25) is 0 Å².